The predicted molar refractivity (Wildman–Crippen MR) is 134 cm³/mol. The van der Waals surface area contributed by atoms with E-state index in [2.05, 4.69) is 51.6 Å². The van der Waals surface area contributed by atoms with E-state index in [9.17, 15) is 4.79 Å². The van der Waals surface area contributed by atoms with Crippen molar-refractivity contribution in [3.8, 4) is 0 Å². The Morgan fingerprint density at radius 3 is 2.76 bits per heavy atom. The standard InChI is InChI=1S/C24H29N5O2S2/c1-3-23-27-28-24(33-23)32-16-20-13-21(29-7-9-31-10-8-29)14-22(26-20)25-15-19-6-4-5-18(12-19)11-17(2)30/h4-6,12-14H,3,7-11,15-16H2,1-2H3,(H,25,26). The van der Waals surface area contributed by atoms with E-state index in [1.165, 1.54) is 0 Å². The molecule has 3 heterocycles. The van der Waals surface area contributed by atoms with Gasteiger partial charge in [-0.05, 0) is 30.5 Å². The molecular weight excluding hydrogens is 454 g/mol. The van der Waals surface area contributed by atoms with Gasteiger partial charge >= 0.3 is 0 Å². The summed E-state index contributed by atoms with van der Waals surface area (Å²) in [7, 11) is 0. The molecule has 4 rings (SSSR count). The van der Waals surface area contributed by atoms with Crippen molar-refractivity contribution in [3.63, 3.8) is 0 Å². The number of aromatic nitrogens is 3. The zero-order valence-electron chi connectivity index (χ0n) is 19.0. The van der Waals surface area contributed by atoms with Gasteiger partial charge in [-0.3, -0.25) is 4.79 Å². The van der Waals surface area contributed by atoms with E-state index in [0.717, 1.165) is 76.2 Å². The third-order valence-corrected chi connectivity index (χ3v) is 7.49. The van der Waals surface area contributed by atoms with E-state index in [4.69, 9.17) is 9.72 Å². The molecule has 174 valence electrons. The van der Waals surface area contributed by atoms with Gasteiger partial charge < -0.3 is 15.0 Å². The normalized spacial score (nSPS) is 13.8. The van der Waals surface area contributed by atoms with Crippen molar-refractivity contribution < 1.29 is 9.53 Å². The molecule has 1 aromatic carbocycles. The molecule has 3 aromatic rings. The van der Waals surface area contributed by atoms with Crippen molar-refractivity contribution in [2.45, 2.75) is 43.3 Å². The molecular formula is C24H29N5O2S2. The van der Waals surface area contributed by atoms with Crippen LogP contribution < -0.4 is 10.2 Å². The second-order valence-electron chi connectivity index (χ2n) is 7.96. The summed E-state index contributed by atoms with van der Waals surface area (Å²) in [5.74, 6) is 1.75. The van der Waals surface area contributed by atoms with Crippen LogP contribution in [0.1, 0.15) is 35.7 Å². The zero-order chi connectivity index (χ0) is 23.0. The molecule has 0 unspecified atom stereocenters. The Balaban J connectivity index is 1.49. The van der Waals surface area contributed by atoms with Gasteiger partial charge in [0, 0.05) is 43.6 Å². The van der Waals surface area contributed by atoms with Crippen LogP contribution in [0, 0.1) is 0 Å². The number of Topliss-reactive ketones (excluding diaryl/α,β-unsaturated/α-hetero) is 1. The molecule has 0 spiro atoms. The smallest absolute Gasteiger partial charge is 0.174 e. The maximum absolute atomic E-state index is 11.5. The Hall–Kier alpha value is -2.49. The molecule has 1 aliphatic rings. The largest absolute Gasteiger partial charge is 0.378 e. The number of ketones is 1. The van der Waals surface area contributed by atoms with Crippen LogP contribution in [0.15, 0.2) is 40.7 Å². The van der Waals surface area contributed by atoms with Gasteiger partial charge in [0.05, 0.1) is 18.9 Å². The lowest BCUT2D eigenvalue weighted by Gasteiger charge is -2.29. The number of nitrogens with one attached hydrogen (secondary N) is 1. The second-order valence-corrected chi connectivity index (χ2v) is 10.2. The maximum atomic E-state index is 11.5. The van der Waals surface area contributed by atoms with Crippen molar-refractivity contribution >= 4 is 40.4 Å². The van der Waals surface area contributed by atoms with E-state index < -0.39 is 0 Å². The summed E-state index contributed by atoms with van der Waals surface area (Å²) in [6.07, 6.45) is 1.37. The molecule has 1 aliphatic heterocycles. The molecule has 0 radical (unpaired) electrons. The molecule has 9 heteroatoms. The summed E-state index contributed by atoms with van der Waals surface area (Å²) >= 11 is 3.32. The minimum atomic E-state index is 0.170. The topological polar surface area (TPSA) is 80.2 Å². The van der Waals surface area contributed by atoms with E-state index in [0.29, 0.717) is 13.0 Å². The summed E-state index contributed by atoms with van der Waals surface area (Å²) in [5, 5.41) is 13.0. The Kier molecular flexibility index (Phi) is 8.30. The van der Waals surface area contributed by atoms with Crippen molar-refractivity contribution in [1.29, 1.82) is 0 Å². The van der Waals surface area contributed by atoms with E-state index in [1.807, 2.05) is 12.1 Å². The highest BCUT2D eigenvalue weighted by Gasteiger charge is 2.14. The summed E-state index contributed by atoms with van der Waals surface area (Å²) in [4.78, 5) is 18.7. The first-order valence-corrected chi connectivity index (χ1v) is 13.0. The van der Waals surface area contributed by atoms with E-state index in [-0.39, 0.29) is 5.78 Å². The molecule has 1 fully saturated rings. The number of nitrogens with zero attached hydrogens (tertiary/aromatic N) is 4. The van der Waals surface area contributed by atoms with Gasteiger partial charge in [0.25, 0.3) is 0 Å². The number of rotatable bonds is 10. The average molecular weight is 484 g/mol. The summed E-state index contributed by atoms with van der Waals surface area (Å²) in [6, 6.07) is 12.4. The molecule has 2 aromatic heterocycles. The van der Waals surface area contributed by atoms with Crippen LogP contribution in [0.5, 0.6) is 0 Å². The highest BCUT2D eigenvalue weighted by Crippen LogP contribution is 2.28. The minimum Gasteiger partial charge on any atom is -0.378 e. The number of hydrogen-bond donors (Lipinski definition) is 1. The van der Waals surface area contributed by atoms with Crippen LogP contribution in [0.4, 0.5) is 11.5 Å². The van der Waals surface area contributed by atoms with Crippen molar-refractivity contribution in [1.82, 2.24) is 15.2 Å². The van der Waals surface area contributed by atoms with Gasteiger partial charge in [-0.1, -0.05) is 54.3 Å². The number of carbonyl (C=O) groups is 1. The number of thioether (sulfide) groups is 1. The average Bonchev–Trinajstić information content (AvgIpc) is 3.30. The molecule has 0 bridgehead atoms. The number of aryl methyl sites for hydroxylation is 1. The lowest BCUT2D eigenvalue weighted by molar-refractivity contribution is -0.116. The van der Waals surface area contributed by atoms with Crippen LogP contribution in [-0.2, 0) is 34.7 Å². The first kappa shape index (κ1) is 23.7. The number of hydrogen-bond acceptors (Lipinski definition) is 9. The first-order chi connectivity index (χ1) is 16.1. The van der Waals surface area contributed by atoms with Crippen molar-refractivity contribution in [2.24, 2.45) is 0 Å². The summed E-state index contributed by atoms with van der Waals surface area (Å²) in [6.45, 7) is 7.59. The molecule has 0 saturated carbocycles. The van der Waals surface area contributed by atoms with Crippen LogP contribution in [-0.4, -0.2) is 47.3 Å². The SMILES string of the molecule is CCc1nnc(SCc2cc(N3CCOCC3)cc(NCc3cccc(CC(C)=O)c3)n2)s1. The molecule has 1 saturated heterocycles. The highest BCUT2D eigenvalue weighted by molar-refractivity contribution is 8.00. The third kappa shape index (κ3) is 6.99. The van der Waals surface area contributed by atoms with Gasteiger partial charge in [-0.25, -0.2) is 4.98 Å². The summed E-state index contributed by atoms with van der Waals surface area (Å²) in [5.41, 5.74) is 4.33. The van der Waals surface area contributed by atoms with Crippen LogP contribution >= 0.6 is 23.1 Å². The molecule has 0 atom stereocenters. The number of anilines is 2. The van der Waals surface area contributed by atoms with Gasteiger partial charge in [0.1, 0.15) is 16.6 Å². The quantitative estimate of drug-likeness (QED) is 0.426. The van der Waals surface area contributed by atoms with Gasteiger partial charge in [0.15, 0.2) is 4.34 Å². The Labute approximate surface area is 203 Å². The number of carbonyl (C=O) groups excluding carboxylic acids is 1. The van der Waals surface area contributed by atoms with Gasteiger partial charge in [-0.2, -0.15) is 0 Å². The fourth-order valence-electron chi connectivity index (χ4n) is 3.65. The molecule has 0 amide bonds. The Bertz CT molecular complexity index is 1080. The van der Waals surface area contributed by atoms with Crippen molar-refractivity contribution in [2.75, 3.05) is 36.5 Å². The monoisotopic (exact) mass is 483 g/mol. The number of pyridine rings is 1. The van der Waals surface area contributed by atoms with Crippen molar-refractivity contribution in [3.05, 3.63) is 58.2 Å². The first-order valence-electron chi connectivity index (χ1n) is 11.2. The molecule has 33 heavy (non-hydrogen) atoms. The lowest BCUT2D eigenvalue weighted by Crippen LogP contribution is -2.36. The van der Waals surface area contributed by atoms with Crippen LogP contribution in [0.25, 0.3) is 0 Å². The maximum Gasteiger partial charge on any atom is 0.174 e. The van der Waals surface area contributed by atoms with Gasteiger partial charge in [-0.15, -0.1) is 10.2 Å². The van der Waals surface area contributed by atoms with Gasteiger partial charge in [0.2, 0.25) is 0 Å². The van der Waals surface area contributed by atoms with Crippen LogP contribution in [0.3, 0.4) is 0 Å². The van der Waals surface area contributed by atoms with Crippen LogP contribution in [0.2, 0.25) is 0 Å². The Morgan fingerprint density at radius 1 is 1.18 bits per heavy atom. The minimum absolute atomic E-state index is 0.170. The molecule has 0 aliphatic carbocycles. The number of morpholine rings is 1. The predicted octanol–water partition coefficient (Wildman–Crippen LogP) is 4.37. The number of ether oxygens (including phenoxy) is 1. The third-order valence-electron chi connectivity index (χ3n) is 5.25. The zero-order valence-corrected chi connectivity index (χ0v) is 20.7. The summed E-state index contributed by atoms with van der Waals surface area (Å²) < 4.78 is 6.50. The molecule has 7 nitrogen and oxygen atoms in total. The lowest BCUT2D eigenvalue weighted by atomic mass is 10.1. The van der Waals surface area contributed by atoms with E-state index in [1.54, 1.807) is 30.0 Å². The Morgan fingerprint density at radius 2 is 2.00 bits per heavy atom. The fraction of sp³-hybridized carbons (Fsp3) is 0.417. The number of benzene rings is 1. The highest BCUT2D eigenvalue weighted by atomic mass is 32.2. The fourth-order valence-corrected chi connectivity index (χ4v) is 5.37. The second kappa shape index (κ2) is 11.6. The van der Waals surface area contributed by atoms with E-state index >= 15 is 0 Å². The molecule has 1 N–H and O–H groups in total.